The molecule has 6 heteroatoms. The normalized spacial score (nSPS) is 14.6. The van der Waals surface area contributed by atoms with Crippen molar-refractivity contribution in [2.75, 3.05) is 47.5 Å². The number of para-hydroxylation sites is 1. The molecule has 1 fully saturated rings. The molecule has 0 N–H and O–H groups in total. The number of ether oxygens (including phenoxy) is 4. The van der Waals surface area contributed by atoms with Crippen LogP contribution in [0.4, 0.5) is 0 Å². The summed E-state index contributed by atoms with van der Waals surface area (Å²) in [7, 11) is 4.99. The Morgan fingerprint density at radius 3 is 1.88 bits per heavy atom. The minimum Gasteiger partial charge on any atom is -0.496 e. The van der Waals surface area contributed by atoms with Crippen molar-refractivity contribution >= 4 is 0 Å². The molecule has 3 aromatic rings. The van der Waals surface area contributed by atoms with Crippen LogP contribution in [0.1, 0.15) is 11.1 Å². The highest BCUT2D eigenvalue weighted by Gasteiger charge is 2.20. The van der Waals surface area contributed by atoms with Crippen LogP contribution in [0.25, 0.3) is 0 Å². The van der Waals surface area contributed by atoms with Crippen molar-refractivity contribution in [1.29, 1.82) is 0 Å². The molecule has 0 unspecified atom stereocenters. The minimum absolute atomic E-state index is 0.682. The maximum absolute atomic E-state index is 5.99. The highest BCUT2D eigenvalue weighted by molar-refractivity contribution is 5.50. The summed E-state index contributed by atoms with van der Waals surface area (Å²) in [6, 6.07) is 22.2. The van der Waals surface area contributed by atoms with Gasteiger partial charge >= 0.3 is 0 Å². The minimum atomic E-state index is 0.682. The van der Waals surface area contributed by atoms with E-state index in [0.29, 0.717) is 5.75 Å². The van der Waals surface area contributed by atoms with Gasteiger partial charge in [-0.25, -0.2) is 0 Å². The largest absolute Gasteiger partial charge is 0.496 e. The van der Waals surface area contributed by atoms with Gasteiger partial charge in [0.15, 0.2) is 11.5 Å². The van der Waals surface area contributed by atoms with Gasteiger partial charge in [0.1, 0.15) is 17.2 Å². The predicted molar refractivity (Wildman–Crippen MR) is 130 cm³/mol. The van der Waals surface area contributed by atoms with Crippen LogP contribution in [0.3, 0.4) is 0 Å². The lowest BCUT2D eigenvalue weighted by Gasteiger charge is -2.35. The summed E-state index contributed by atoms with van der Waals surface area (Å²) in [6.45, 7) is 5.76. The molecule has 0 bridgehead atoms. The maximum Gasteiger partial charge on any atom is 0.164 e. The molecular weight excluding hydrogens is 416 g/mol. The van der Waals surface area contributed by atoms with Crippen molar-refractivity contribution in [2.45, 2.75) is 13.1 Å². The van der Waals surface area contributed by atoms with Gasteiger partial charge in [0, 0.05) is 50.9 Å². The molecule has 4 rings (SSSR count). The fraction of sp³-hybridized carbons (Fsp3) is 0.333. The topological polar surface area (TPSA) is 43.4 Å². The molecule has 0 saturated carbocycles. The zero-order chi connectivity index (χ0) is 23.0. The molecule has 0 aromatic heterocycles. The van der Waals surface area contributed by atoms with Crippen LogP contribution in [0.2, 0.25) is 0 Å². The molecule has 6 nitrogen and oxygen atoms in total. The number of benzene rings is 3. The summed E-state index contributed by atoms with van der Waals surface area (Å²) >= 11 is 0. The molecule has 1 aliphatic rings. The van der Waals surface area contributed by atoms with Crippen molar-refractivity contribution in [3.8, 4) is 28.7 Å². The molecule has 1 aliphatic heterocycles. The molecule has 3 aromatic carbocycles. The molecule has 0 radical (unpaired) electrons. The van der Waals surface area contributed by atoms with Crippen LogP contribution in [-0.2, 0) is 13.1 Å². The summed E-state index contributed by atoms with van der Waals surface area (Å²) in [6.07, 6.45) is 0. The van der Waals surface area contributed by atoms with Crippen LogP contribution in [0, 0.1) is 0 Å². The number of hydrogen-bond donors (Lipinski definition) is 0. The number of rotatable bonds is 9. The second-order valence-electron chi connectivity index (χ2n) is 8.13. The third kappa shape index (κ3) is 5.97. The molecule has 0 amide bonds. The van der Waals surface area contributed by atoms with Crippen LogP contribution in [0.5, 0.6) is 28.7 Å². The van der Waals surface area contributed by atoms with E-state index in [0.717, 1.165) is 67.8 Å². The third-order valence-corrected chi connectivity index (χ3v) is 5.93. The summed E-state index contributed by atoms with van der Waals surface area (Å²) in [5.41, 5.74) is 2.37. The zero-order valence-corrected chi connectivity index (χ0v) is 19.6. The Bertz CT molecular complexity index is 1030. The molecule has 174 valence electrons. The summed E-state index contributed by atoms with van der Waals surface area (Å²) < 4.78 is 22.5. The zero-order valence-electron chi connectivity index (χ0n) is 19.6. The first-order valence-corrected chi connectivity index (χ1v) is 11.2. The lowest BCUT2D eigenvalue weighted by Crippen LogP contribution is -2.45. The van der Waals surface area contributed by atoms with Crippen molar-refractivity contribution in [3.05, 3.63) is 77.9 Å². The first-order chi connectivity index (χ1) is 16.2. The van der Waals surface area contributed by atoms with E-state index in [1.54, 1.807) is 21.3 Å². The van der Waals surface area contributed by atoms with Crippen LogP contribution >= 0.6 is 0 Å². The van der Waals surface area contributed by atoms with E-state index in [2.05, 4.69) is 28.0 Å². The van der Waals surface area contributed by atoms with Gasteiger partial charge in [0.25, 0.3) is 0 Å². The predicted octanol–water partition coefficient (Wildman–Crippen LogP) is 4.82. The standard InChI is InChI=1S/C27H32N2O4/c1-30-25-18-27(32-3)26(31-2)17-22(25)20-29-14-12-28(13-15-29)19-21-8-7-11-24(16-21)33-23-9-5-4-6-10-23/h4-11,16-18H,12-15,19-20H2,1-3H3. The summed E-state index contributed by atoms with van der Waals surface area (Å²) in [5.74, 6) is 3.96. The van der Waals surface area contributed by atoms with E-state index in [-0.39, 0.29) is 0 Å². The monoisotopic (exact) mass is 448 g/mol. The highest BCUT2D eigenvalue weighted by atomic mass is 16.5. The molecule has 0 atom stereocenters. The van der Waals surface area contributed by atoms with Crippen molar-refractivity contribution in [3.63, 3.8) is 0 Å². The molecule has 1 saturated heterocycles. The molecule has 33 heavy (non-hydrogen) atoms. The van der Waals surface area contributed by atoms with Gasteiger partial charge in [-0.1, -0.05) is 30.3 Å². The van der Waals surface area contributed by atoms with E-state index in [4.69, 9.17) is 18.9 Å². The Morgan fingerprint density at radius 2 is 1.21 bits per heavy atom. The van der Waals surface area contributed by atoms with Gasteiger partial charge in [-0.2, -0.15) is 0 Å². The first kappa shape index (κ1) is 23.0. The molecule has 1 heterocycles. The van der Waals surface area contributed by atoms with Crippen molar-refractivity contribution < 1.29 is 18.9 Å². The SMILES string of the molecule is COc1cc(OC)c(OC)cc1CN1CCN(Cc2cccc(Oc3ccccc3)c2)CC1. The quantitative estimate of drug-likeness (QED) is 0.468. The van der Waals surface area contributed by atoms with Gasteiger partial charge in [-0.15, -0.1) is 0 Å². The van der Waals surface area contributed by atoms with E-state index in [9.17, 15) is 0 Å². The molecule has 0 aliphatic carbocycles. The third-order valence-electron chi connectivity index (χ3n) is 5.93. The van der Waals surface area contributed by atoms with E-state index >= 15 is 0 Å². The summed E-state index contributed by atoms with van der Waals surface area (Å²) in [4.78, 5) is 4.94. The Hall–Kier alpha value is -3.22. The van der Waals surface area contributed by atoms with Gasteiger partial charge in [0.05, 0.1) is 21.3 Å². The number of hydrogen-bond acceptors (Lipinski definition) is 6. The number of piperazine rings is 1. The number of nitrogens with zero attached hydrogens (tertiary/aromatic N) is 2. The fourth-order valence-corrected chi connectivity index (χ4v) is 4.15. The van der Waals surface area contributed by atoms with Gasteiger partial charge < -0.3 is 18.9 Å². The first-order valence-electron chi connectivity index (χ1n) is 11.2. The maximum atomic E-state index is 5.99. The second kappa shape index (κ2) is 11.1. The molecular formula is C27H32N2O4. The van der Waals surface area contributed by atoms with Crippen molar-refractivity contribution in [1.82, 2.24) is 9.80 Å². The Labute approximate surface area is 196 Å². The van der Waals surface area contributed by atoms with E-state index in [1.807, 2.05) is 48.5 Å². The number of methoxy groups -OCH3 is 3. The summed E-state index contributed by atoms with van der Waals surface area (Å²) in [5, 5.41) is 0. The van der Waals surface area contributed by atoms with Crippen LogP contribution < -0.4 is 18.9 Å². The lowest BCUT2D eigenvalue weighted by molar-refractivity contribution is 0.121. The Kier molecular flexibility index (Phi) is 7.70. The van der Waals surface area contributed by atoms with E-state index < -0.39 is 0 Å². The highest BCUT2D eigenvalue weighted by Crippen LogP contribution is 2.35. The average molecular weight is 449 g/mol. The molecule has 0 spiro atoms. The Morgan fingerprint density at radius 1 is 0.606 bits per heavy atom. The average Bonchev–Trinajstić information content (AvgIpc) is 2.86. The lowest BCUT2D eigenvalue weighted by atomic mass is 10.1. The van der Waals surface area contributed by atoms with Gasteiger partial charge in [-0.3, -0.25) is 9.80 Å². The Balaban J connectivity index is 1.33. The second-order valence-corrected chi connectivity index (χ2v) is 8.13. The smallest absolute Gasteiger partial charge is 0.164 e. The van der Waals surface area contributed by atoms with Gasteiger partial charge in [-0.05, 0) is 35.9 Å². The van der Waals surface area contributed by atoms with Gasteiger partial charge in [0.2, 0.25) is 0 Å². The van der Waals surface area contributed by atoms with E-state index in [1.165, 1.54) is 5.56 Å². The van der Waals surface area contributed by atoms with Crippen LogP contribution in [-0.4, -0.2) is 57.3 Å². The fourth-order valence-electron chi connectivity index (χ4n) is 4.15. The van der Waals surface area contributed by atoms with Crippen molar-refractivity contribution in [2.24, 2.45) is 0 Å². The van der Waals surface area contributed by atoms with Crippen LogP contribution in [0.15, 0.2) is 66.7 Å².